The van der Waals surface area contributed by atoms with Crippen LogP contribution < -0.4 is 5.32 Å². The van der Waals surface area contributed by atoms with E-state index in [9.17, 15) is 14.4 Å². The molecule has 25 heavy (non-hydrogen) atoms. The molecular weight excluding hydrogens is 344 g/mol. The van der Waals surface area contributed by atoms with Crippen LogP contribution in [0.15, 0.2) is 0 Å². The smallest absolute Gasteiger partial charge is 0.323 e. The summed E-state index contributed by atoms with van der Waals surface area (Å²) in [5.41, 5.74) is 0.908. The van der Waals surface area contributed by atoms with Gasteiger partial charge in [0.1, 0.15) is 6.54 Å². The van der Waals surface area contributed by atoms with Gasteiger partial charge in [0, 0.05) is 18.5 Å². The zero-order valence-corrected chi connectivity index (χ0v) is 15.6. The predicted molar refractivity (Wildman–Crippen MR) is 94.7 cm³/mol. The van der Waals surface area contributed by atoms with Crippen LogP contribution in [0.4, 0.5) is 5.13 Å². The van der Waals surface area contributed by atoms with E-state index in [1.807, 2.05) is 18.7 Å². The third kappa shape index (κ3) is 5.50. The number of amides is 2. The Morgan fingerprint density at radius 3 is 2.72 bits per heavy atom. The predicted octanol–water partition coefficient (Wildman–Crippen LogP) is 0.953. The van der Waals surface area contributed by atoms with Crippen LogP contribution in [0, 0.1) is 19.8 Å². The molecule has 2 N–H and O–H groups in total. The Labute approximate surface area is 150 Å². The number of likely N-dealkylation sites (N-methyl/N-ethyl adjacent to an activating group) is 1. The summed E-state index contributed by atoms with van der Waals surface area (Å²) in [6, 6.07) is 0. The molecule has 0 spiro atoms. The Bertz CT molecular complexity index is 641. The summed E-state index contributed by atoms with van der Waals surface area (Å²) >= 11 is 1.44. The van der Waals surface area contributed by atoms with Crippen LogP contribution in [0.2, 0.25) is 0 Å². The molecule has 1 unspecified atom stereocenters. The minimum atomic E-state index is -1.03. The Balaban J connectivity index is 1.86. The largest absolute Gasteiger partial charge is 0.480 e. The van der Waals surface area contributed by atoms with E-state index in [-0.39, 0.29) is 30.8 Å². The molecule has 1 aliphatic rings. The normalized spacial score (nSPS) is 18.0. The van der Waals surface area contributed by atoms with Crippen molar-refractivity contribution in [2.24, 2.45) is 5.92 Å². The number of carboxylic acids is 1. The molecule has 0 aliphatic carbocycles. The number of carboxylic acid groups (broad SMARTS) is 1. The van der Waals surface area contributed by atoms with Crippen molar-refractivity contribution in [1.29, 1.82) is 0 Å². The molecule has 1 saturated heterocycles. The highest BCUT2D eigenvalue weighted by Crippen LogP contribution is 2.22. The van der Waals surface area contributed by atoms with Gasteiger partial charge in [0.05, 0.1) is 18.2 Å². The number of carbonyl (C=O) groups excluding carboxylic acids is 2. The highest BCUT2D eigenvalue weighted by Gasteiger charge is 2.29. The topological polar surface area (TPSA) is 103 Å². The Kier molecular flexibility index (Phi) is 6.49. The quantitative estimate of drug-likeness (QED) is 0.775. The molecule has 0 saturated carbocycles. The lowest BCUT2D eigenvalue weighted by Gasteiger charge is -2.33. The molecule has 0 radical (unpaired) electrons. The number of aliphatic carboxylic acids is 1. The van der Waals surface area contributed by atoms with Gasteiger partial charge in [-0.25, -0.2) is 4.98 Å². The zero-order chi connectivity index (χ0) is 18.6. The van der Waals surface area contributed by atoms with Gasteiger partial charge in [0.2, 0.25) is 11.8 Å². The summed E-state index contributed by atoms with van der Waals surface area (Å²) in [6.45, 7) is 4.96. The van der Waals surface area contributed by atoms with E-state index in [1.165, 1.54) is 23.3 Å². The van der Waals surface area contributed by atoms with Gasteiger partial charge in [-0.3, -0.25) is 19.3 Å². The maximum Gasteiger partial charge on any atom is 0.323 e. The summed E-state index contributed by atoms with van der Waals surface area (Å²) in [6.07, 6.45) is 1.52. The van der Waals surface area contributed by atoms with Crippen LogP contribution in [0.25, 0.3) is 0 Å². The minimum Gasteiger partial charge on any atom is -0.480 e. The number of anilines is 1. The van der Waals surface area contributed by atoms with E-state index in [0.717, 1.165) is 23.5 Å². The molecular formula is C16H24N4O4S. The maximum absolute atomic E-state index is 12.3. The fraction of sp³-hybridized carbons (Fsp3) is 0.625. The molecule has 1 aliphatic heterocycles. The van der Waals surface area contributed by atoms with Gasteiger partial charge in [-0.15, -0.1) is 11.3 Å². The van der Waals surface area contributed by atoms with Crippen molar-refractivity contribution < 1.29 is 19.5 Å². The number of rotatable bonds is 6. The molecule has 138 valence electrons. The van der Waals surface area contributed by atoms with E-state index >= 15 is 0 Å². The highest BCUT2D eigenvalue weighted by molar-refractivity contribution is 7.15. The molecule has 0 bridgehead atoms. The number of thiazole rings is 1. The van der Waals surface area contributed by atoms with Crippen LogP contribution >= 0.6 is 11.3 Å². The number of aromatic nitrogens is 1. The van der Waals surface area contributed by atoms with Gasteiger partial charge in [-0.2, -0.15) is 0 Å². The zero-order valence-electron chi connectivity index (χ0n) is 14.7. The van der Waals surface area contributed by atoms with E-state index in [1.54, 1.807) is 0 Å². The number of nitrogens with one attached hydrogen (secondary N) is 1. The first-order valence-electron chi connectivity index (χ1n) is 8.19. The molecule has 2 rings (SSSR count). The lowest BCUT2D eigenvalue weighted by atomic mass is 9.96. The number of carbonyl (C=O) groups is 3. The summed E-state index contributed by atoms with van der Waals surface area (Å²) in [4.78, 5) is 43.8. The van der Waals surface area contributed by atoms with Gasteiger partial charge in [0.15, 0.2) is 5.13 Å². The first-order chi connectivity index (χ1) is 11.8. The van der Waals surface area contributed by atoms with Crippen molar-refractivity contribution in [2.45, 2.75) is 26.7 Å². The fourth-order valence-corrected chi connectivity index (χ4v) is 3.71. The second kappa shape index (κ2) is 8.39. The highest BCUT2D eigenvalue weighted by atomic mass is 32.1. The fourth-order valence-electron chi connectivity index (χ4n) is 2.88. The summed E-state index contributed by atoms with van der Waals surface area (Å²) in [7, 11) is 1.50. The van der Waals surface area contributed by atoms with Crippen molar-refractivity contribution in [1.82, 2.24) is 14.8 Å². The Hall–Kier alpha value is -2.00. The summed E-state index contributed by atoms with van der Waals surface area (Å²) < 4.78 is 0. The second-order valence-electron chi connectivity index (χ2n) is 6.37. The molecule has 0 aromatic carbocycles. The van der Waals surface area contributed by atoms with E-state index in [2.05, 4.69) is 10.3 Å². The molecule has 2 heterocycles. The van der Waals surface area contributed by atoms with E-state index in [4.69, 9.17) is 5.11 Å². The van der Waals surface area contributed by atoms with Gasteiger partial charge in [-0.05, 0) is 33.2 Å². The van der Waals surface area contributed by atoms with Crippen LogP contribution in [0.5, 0.6) is 0 Å². The lowest BCUT2D eigenvalue weighted by Crippen LogP contribution is -2.46. The molecule has 1 atom stereocenters. The summed E-state index contributed by atoms with van der Waals surface area (Å²) in [5.74, 6) is -1.63. The number of hydrogen-bond donors (Lipinski definition) is 2. The minimum absolute atomic E-state index is 0.152. The van der Waals surface area contributed by atoms with Crippen molar-refractivity contribution in [3.8, 4) is 0 Å². The van der Waals surface area contributed by atoms with Gasteiger partial charge >= 0.3 is 5.97 Å². The molecule has 9 heteroatoms. The van der Waals surface area contributed by atoms with Gasteiger partial charge in [-0.1, -0.05) is 0 Å². The Morgan fingerprint density at radius 2 is 2.12 bits per heavy atom. The summed E-state index contributed by atoms with van der Waals surface area (Å²) in [5, 5.41) is 12.2. The third-order valence-corrected chi connectivity index (χ3v) is 5.23. The number of hydrogen-bond acceptors (Lipinski definition) is 6. The molecule has 8 nitrogen and oxygen atoms in total. The van der Waals surface area contributed by atoms with Crippen molar-refractivity contribution in [2.75, 3.05) is 38.5 Å². The van der Waals surface area contributed by atoms with E-state index in [0.29, 0.717) is 18.1 Å². The first-order valence-corrected chi connectivity index (χ1v) is 9.01. The average Bonchev–Trinajstić information content (AvgIpc) is 2.83. The van der Waals surface area contributed by atoms with Crippen molar-refractivity contribution in [3.63, 3.8) is 0 Å². The lowest BCUT2D eigenvalue weighted by molar-refractivity contribution is -0.146. The van der Waals surface area contributed by atoms with Crippen molar-refractivity contribution in [3.05, 3.63) is 10.6 Å². The van der Waals surface area contributed by atoms with Crippen LogP contribution in [0.1, 0.15) is 23.4 Å². The first kappa shape index (κ1) is 19.3. The maximum atomic E-state index is 12.3. The SMILES string of the molecule is Cc1nc(NC(=O)CN2CCCC(C(=O)N(C)CC(=O)O)C2)sc1C. The van der Waals surface area contributed by atoms with E-state index < -0.39 is 5.97 Å². The Morgan fingerprint density at radius 1 is 1.40 bits per heavy atom. The molecule has 2 amide bonds. The second-order valence-corrected chi connectivity index (χ2v) is 7.57. The standard InChI is InChI=1S/C16H24N4O4S/c1-10-11(2)25-16(17-10)18-13(21)8-20-6-4-5-12(7-20)15(24)19(3)9-14(22)23/h12H,4-9H2,1-3H3,(H,22,23)(H,17,18,21). The van der Waals surface area contributed by atoms with Crippen molar-refractivity contribution >= 4 is 34.3 Å². The van der Waals surface area contributed by atoms with Crippen LogP contribution in [-0.4, -0.2) is 70.9 Å². The van der Waals surface area contributed by atoms with Crippen LogP contribution in [0.3, 0.4) is 0 Å². The third-order valence-electron chi connectivity index (χ3n) is 4.25. The molecule has 1 fully saturated rings. The average molecular weight is 368 g/mol. The number of piperidine rings is 1. The number of nitrogens with zero attached hydrogens (tertiary/aromatic N) is 3. The monoisotopic (exact) mass is 368 g/mol. The number of aryl methyl sites for hydroxylation is 2. The van der Waals surface area contributed by atoms with Gasteiger partial charge in [0.25, 0.3) is 0 Å². The molecule has 1 aromatic rings. The molecule has 1 aromatic heterocycles. The van der Waals surface area contributed by atoms with Crippen LogP contribution in [-0.2, 0) is 14.4 Å². The van der Waals surface area contributed by atoms with Gasteiger partial charge < -0.3 is 15.3 Å². The number of likely N-dealkylation sites (tertiary alicyclic amines) is 1.